The van der Waals surface area contributed by atoms with Crippen molar-refractivity contribution in [2.45, 2.75) is 0 Å². The standard InChI is InChI=1S/2C4H4O4.Ca/c2*5-3(6)1-2-4(7)8;/h2*1-2H,(H,5,6)(H,7,8);/q;;+2/p-2/b2*2-1+;. The Morgan fingerprint density at radius 1 is 0.706 bits per heavy atom. The zero-order valence-electron chi connectivity index (χ0n) is 8.36. The zero-order valence-corrected chi connectivity index (χ0v) is 10.6. The van der Waals surface area contributed by atoms with Gasteiger partial charge in [-0.1, -0.05) is 0 Å². The van der Waals surface area contributed by atoms with Crippen molar-refractivity contribution in [2.24, 2.45) is 0 Å². The summed E-state index contributed by atoms with van der Waals surface area (Å²) in [4.78, 5) is 37.9. The summed E-state index contributed by atoms with van der Waals surface area (Å²) >= 11 is 0. The Bertz CT molecular complexity index is 277. The van der Waals surface area contributed by atoms with Crippen LogP contribution in [0, 0.1) is 0 Å². The minimum Gasteiger partial charge on any atom is -0.545 e. The van der Waals surface area contributed by atoms with Gasteiger partial charge in [0.05, 0.1) is 11.9 Å². The van der Waals surface area contributed by atoms with Crippen LogP contribution in [0.2, 0.25) is 0 Å². The van der Waals surface area contributed by atoms with Crippen LogP contribution in [0.15, 0.2) is 24.3 Å². The van der Waals surface area contributed by atoms with E-state index in [2.05, 4.69) is 0 Å². The first kappa shape index (κ1) is 21.0. The molecule has 0 saturated carbocycles. The summed E-state index contributed by atoms with van der Waals surface area (Å²) in [6.45, 7) is 0. The summed E-state index contributed by atoms with van der Waals surface area (Å²) < 4.78 is 0. The maximum Gasteiger partial charge on any atom is 2.00 e. The Balaban J connectivity index is -0.000000218. The monoisotopic (exact) mass is 270 g/mol. The summed E-state index contributed by atoms with van der Waals surface area (Å²) in [5.41, 5.74) is 0. The smallest absolute Gasteiger partial charge is 0.545 e. The molecule has 0 atom stereocenters. The zero-order chi connectivity index (χ0) is 13.1. The Hall–Kier alpha value is -1.38. The first-order valence-electron chi connectivity index (χ1n) is 3.49. The van der Waals surface area contributed by atoms with Crippen molar-refractivity contribution in [1.82, 2.24) is 0 Å². The Morgan fingerprint density at radius 3 is 1.00 bits per heavy atom. The molecule has 0 amide bonds. The second-order valence-electron chi connectivity index (χ2n) is 1.98. The normalized spacial score (nSPS) is 8.94. The number of carboxylic acid groups (broad SMARTS) is 4. The van der Waals surface area contributed by atoms with Crippen LogP contribution in [-0.4, -0.2) is 71.8 Å². The minimum atomic E-state index is -1.51. The van der Waals surface area contributed by atoms with Crippen molar-refractivity contribution >= 4 is 61.6 Å². The maximum absolute atomic E-state index is 9.53. The maximum atomic E-state index is 9.53. The minimum absolute atomic E-state index is 0. The molecule has 0 aliphatic rings. The molecule has 8 nitrogen and oxygen atoms in total. The molecule has 17 heavy (non-hydrogen) atoms. The van der Waals surface area contributed by atoms with E-state index in [-0.39, 0.29) is 37.7 Å². The summed E-state index contributed by atoms with van der Waals surface area (Å²) in [6.07, 6.45) is 1.88. The summed E-state index contributed by atoms with van der Waals surface area (Å²) in [5, 5.41) is 34.5. The van der Waals surface area contributed by atoms with Gasteiger partial charge in [-0.05, 0) is 12.2 Å². The number of carbonyl (C=O) groups excluding carboxylic acids is 2. The van der Waals surface area contributed by atoms with Gasteiger partial charge in [0, 0.05) is 12.2 Å². The third kappa shape index (κ3) is 31.3. The fraction of sp³-hybridized carbons (Fsp3) is 0. The van der Waals surface area contributed by atoms with Gasteiger partial charge in [-0.15, -0.1) is 0 Å². The molecule has 0 aromatic heterocycles. The van der Waals surface area contributed by atoms with E-state index < -0.39 is 23.9 Å². The van der Waals surface area contributed by atoms with Crippen molar-refractivity contribution in [3.05, 3.63) is 24.3 Å². The number of hydrogen-bond acceptors (Lipinski definition) is 6. The average Bonchev–Trinajstić information content (AvgIpc) is 2.12. The van der Waals surface area contributed by atoms with Crippen LogP contribution in [-0.2, 0) is 19.2 Å². The first-order chi connectivity index (χ1) is 7.25. The summed E-state index contributed by atoms with van der Waals surface area (Å²) in [5.74, 6) is -5.61. The molecule has 0 spiro atoms. The van der Waals surface area contributed by atoms with Crippen LogP contribution >= 0.6 is 0 Å². The summed E-state index contributed by atoms with van der Waals surface area (Å²) in [7, 11) is 0. The molecule has 88 valence electrons. The topological polar surface area (TPSA) is 155 Å². The van der Waals surface area contributed by atoms with Gasteiger partial charge in [0.1, 0.15) is 0 Å². The molecule has 0 unspecified atom stereocenters. The van der Waals surface area contributed by atoms with E-state index in [1.165, 1.54) is 0 Å². The van der Waals surface area contributed by atoms with Crippen LogP contribution in [0.4, 0.5) is 0 Å². The van der Waals surface area contributed by atoms with E-state index in [9.17, 15) is 29.4 Å². The van der Waals surface area contributed by atoms with Gasteiger partial charge < -0.3 is 30.0 Å². The fourth-order valence-electron chi connectivity index (χ4n) is 0.279. The molecular weight excluding hydrogens is 264 g/mol. The van der Waals surface area contributed by atoms with Crippen LogP contribution in [0.5, 0.6) is 0 Å². The first-order valence-corrected chi connectivity index (χ1v) is 3.49. The second kappa shape index (κ2) is 12.7. The molecular formula is C8H6CaO8. The van der Waals surface area contributed by atoms with Gasteiger partial charge in [0.15, 0.2) is 0 Å². The number of rotatable bonds is 4. The van der Waals surface area contributed by atoms with Crippen LogP contribution in [0.3, 0.4) is 0 Å². The molecule has 0 aliphatic carbocycles. The van der Waals surface area contributed by atoms with Crippen molar-refractivity contribution in [3.8, 4) is 0 Å². The molecule has 9 heteroatoms. The number of hydrogen-bond donors (Lipinski definition) is 2. The van der Waals surface area contributed by atoms with E-state index in [1.54, 1.807) is 0 Å². The van der Waals surface area contributed by atoms with E-state index in [4.69, 9.17) is 10.2 Å². The van der Waals surface area contributed by atoms with Gasteiger partial charge in [-0.3, -0.25) is 0 Å². The van der Waals surface area contributed by atoms with Crippen LogP contribution < -0.4 is 10.2 Å². The quantitative estimate of drug-likeness (QED) is 0.391. The van der Waals surface area contributed by atoms with Crippen molar-refractivity contribution in [3.63, 3.8) is 0 Å². The predicted molar refractivity (Wildman–Crippen MR) is 49.3 cm³/mol. The average molecular weight is 270 g/mol. The number of carbonyl (C=O) groups is 4. The van der Waals surface area contributed by atoms with E-state index >= 15 is 0 Å². The molecule has 0 bridgehead atoms. The largest absolute Gasteiger partial charge is 2.00 e. The van der Waals surface area contributed by atoms with Crippen LogP contribution in [0.1, 0.15) is 0 Å². The summed E-state index contributed by atoms with van der Waals surface area (Å²) in [6, 6.07) is 0. The molecule has 0 heterocycles. The molecule has 0 fully saturated rings. The number of aliphatic carboxylic acids is 4. The SMILES string of the molecule is O=C([O-])/C=C/C(=O)O.O=C([O-])/C=C/C(=O)O.[Ca+2]. The molecule has 0 radical (unpaired) electrons. The van der Waals surface area contributed by atoms with Gasteiger partial charge >= 0.3 is 49.7 Å². The fourth-order valence-corrected chi connectivity index (χ4v) is 0.279. The van der Waals surface area contributed by atoms with E-state index in [0.717, 1.165) is 0 Å². The third-order valence-corrected chi connectivity index (χ3v) is 0.724. The van der Waals surface area contributed by atoms with Gasteiger partial charge in [-0.2, -0.15) is 0 Å². The van der Waals surface area contributed by atoms with Crippen molar-refractivity contribution < 1.29 is 39.6 Å². The second-order valence-corrected chi connectivity index (χ2v) is 1.98. The van der Waals surface area contributed by atoms with E-state index in [1.807, 2.05) is 0 Å². The third-order valence-electron chi connectivity index (χ3n) is 0.724. The Morgan fingerprint density at radius 2 is 0.941 bits per heavy atom. The molecule has 2 N–H and O–H groups in total. The van der Waals surface area contributed by atoms with Gasteiger partial charge in [0.2, 0.25) is 0 Å². The number of carboxylic acids is 4. The predicted octanol–water partition coefficient (Wildman–Crippen LogP) is -3.63. The molecule has 0 aliphatic heterocycles. The molecule has 0 saturated heterocycles. The molecule has 0 aromatic carbocycles. The van der Waals surface area contributed by atoms with Crippen molar-refractivity contribution in [1.29, 1.82) is 0 Å². The van der Waals surface area contributed by atoms with Gasteiger partial charge in [0.25, 0.3) is 0 Å². The Kier molecular flexibility index (Phi) is 15.6. The Labute approximate surface area is 125 Å². The van der Waals surface area contributed by atoms with Gasteiger partial charge in [-0.25, -0.2) is 9.59 Å². The molecule has 0 rings (SSSR count). The molecule has 0 aromatic rings. The van der Waals surface area contributed by atoms with Crippen molar-refractivity contribution in [2.75, 3.05) is 0 Å². The van der Waals surface area contributed by atoms with Crippen LogP contribution in [0.25, 0.3) is 0 Å². The van der Waals surface area contributed by atoms with E-state index in [0.29, 0.717) is 24.3 Å².